The topological polar surface area (TPSA) is 43.2 Å². The van der Waals surface area contributed by atoms with Gasteiger partial charge in [-0.1, -0.05) is 6.07 Å². The molecule has 0 fully saturated rings. The van der Waals surface area contributed by atoms with Crippen LogP contribution in [0.25, 0.3) is 0 Å². The lowest BCUT2D eigenvalue weighted by atomic mass is 10.0. The van der Waals surface area contributed by atoms with Crippen molar-refractivity contribution in [2.75, 3.05) is 11.9 Å². The maximum atomic E-state index is 11.2. The zero-order chi connectivity index (χ0) is 9.97. The van der Waals surface area contributed by atoms with Crippen LogP contribution in [0.1, 0.15) is 18.9 Å². The first-order valence-corrected chi connectivity index (χ1v) is 4.90. The molecule has 3 heteroatoms. The van der Waals surface area contributed by atoms with E-state index in [9.17, 15) is 4.79 Å². The summed E-state index contributed by atoms with van der Waals surface area (Å²) in [6, 6.07) is 5.99. The zero-order valence-electron chi connectivity index (χ0n) is 8.21. The van der Waals surface area contributed by atoms with Gasteiger partial charge in [0.2, 0.25) is 5.91 Å². The minimum Gasteiger partial charge on any atom is -0.326 e. The molecule has 1 aromatic rings. The second-order valence-electron chi connectivity index (χ2n) is 3.36. The highest BCUT2D eigenvalue weighted by molar-refractivity contribution is 5.94. The molecule has 73 valence electrons. The molecule has 1 heterocycles. The van der Waals surface area contributed by atoms with E-state index in [1.54, 1.807) is 0 Å². The van der Waals surface area contributed by atoms with Crippen LogP contribution in [0.2, 0.25) is 0 Å². The van der Waals surface area contributed by atoms with Crippen molar-refractivity contribution in [2.45, 2.75) is 19.8 Å². The van der Waals surface area contributed by atoms with Crippen LogP contribution in [-0.2, 0) is 11.2 Å². The van der Waals surface area contributed by atoms with Crippen molar-refractivity contribution in [3.63, 3.8) is 0 Å². The van der Waals surface area contributed by atoms with Gasteiger partial charge in [0.15, 0.2) is 0 Å². The Kier molecular flexibility index (Phi) is 2.39. The Morgan fingerprint density at radius 3 is 3.07 bits per heavy atom. The van der Waals surface area contributed by atoms with E-state index in [4.69, 9.17) is 0 Å². The molecule has 1 aliphatic rings. The van der Waals surface area contributed by atoms with E-state index in [-0.39, 0.29) is 5.91 Å². The summed E-state index contributed by atoms with van der Waals surface area (Å²) in [7, 11) is 0. The maximum absolute atomic E-state index is 11.2. The Morgan fingerprint density at radius 2 is 2.29 bits per heavy atom. The summed E-state index contributed by atoms with van der Waals surface area (Å²) in [6.07, 6.45) is 1.44. The fraction of sp³-hybridized carbons (Fsp3) is 0.364. The van der Waals surface area contributed by atoms with Crippen molar-refractivity contribution in [1.82, 2.24) is 5.32 Å². The van der Waals surface area contributed by atoms with Crippen LogP contribution >= 0.6 is 0 Å². The van der Waals surface area contributed by atoms with Gasteiger partial charge in [-0.15, -0.1) is 0 Å². The third-order valence-corrected chi connectivity index (χ3v) is 2.33. The Morgan fingerprint density at radius 1 is 1.43 bits per heavy atom. The van der Waals surface area contributed by atoms with Crippen molar-refractivity contribution >= 4 is 17.3 Å². The van der Waals surface area contributed by atoms with Gasteiger partial charge in [-0.25, -0.2) is 0 Å². The first-order valence-electron chi connectivity index (χ1n) is 4.90. The molecular weight excluding hydrogens is 176 g/mol. The second-order valence-corrected chi connectivity index (χ2v) is 3.36. The summed E-state index contributed by atoms with van der Waals surface area (Å²) in [5.41, 5.74) is 3.07. The van der Waals surface area contributed by atoms with Gasteiger partial charge < -0.3 is 5.32 Å². The number of benzene rings is 1. The summed E-state index contributed by atoms with van der Waals surface area (Å²) in [5, 5.41) is 7.15. The SMILES string of the molecule is CC[N]c1ccc2c(c1)NC(=O)CC2. The lowest BCUT2D eigenvalue weighted by Gasteiger charge is -2.17. The van der Waals surface area contributed by atoms with Crippen LogP contribution in [0.5, 0.6) is 0 Å². The quantitative estimate of drug-likeness (QED) is 0.757. The van der Waals surface area contributed by atoms with E-state index >= 15 is 0 Å². The van der Waals surface area contributed by atoms with E-state index in [1.165, 1.54) is 5.56 Å². The molecule has 3 nitrogen and oxygen atoms in total. The highest BCUT2D eigenvalue weighted by atomic mass is 16.1. The maximum Gasteiger partial charge on any atom is 0.224 e. The summed E-state index contributed by atoms with van der Waals surface area (Å²) in [4.78, 5) is 11.2. The average Bonchev–Trinajstić information content (AvgIpc) is 2.17. The number of carbonyl (C=O) groups is 1. The third-order valence-electron chi connectivity index (χ3n) is 2.33. The molecule has 1 aliphatic heterocycles. The summed E-state index contributed by atoms with van der Waals surface area (Å²) >= 11 is 0. The van der Waals surface area contributed by atoms with Crippen LogP contribution in [0.4, 0.5) is 11.4 Å². The number of rotatable bonds is 2. The van der Waals surface area contributed by atoms with Gasteiger partial charge in [0.25, 0.3) is 0 Å². The van der Waals surface area contributed by atoms with Crippen molar-refractivity contribution < 1.29 is 4.79 Å². The Labute approximate surface area is 83.5 Å². The smallest absolute Gasteiger partial charge is 0.224 e. The molecule has 1 aromatic carbocycles. The van der Waals surface area contributed by atoms with Crippen molar-refractivity contribution in [3.8, 4) is 0 Å². The number of hydrogen-bond donors (Lipinski definition) is 1. The van der Waals surface area contributed by atoms with Gasteiger partial charge in [-0.3, -0.25) is 10.1 Å². The van der Waals surface area contributed by atoms with Gasteiger partial charge >= 0.3 is 0 Å². The van der Waals surface area contributed by atoms with E-state index in [0.717, 1.165) is 24.3 Å². The Balaban J connectivity index is 2.28. The first-order chi connectivity index (χ1) is 6.79. The number of nitrogens with zero attached hydrogens (tertiary/aromatic N) is 1. The molecule has 0 saturated heterocycles. The molecule has 1 N–H and O–H groups in total. The summed E-state index contributed by atoms with van der Waals surface area (Å²) in [6.45, 7) is 2.77. The molecule has 0 aromatic heterocycles. The van der Waals surface area contributed by atoms with Crippen molar-refractivity contribution in [1.29, 1.82) is 0 Å². The normalized spacial score (nSPS) is 14.5. The van der Waals surface area contributed by atoms with Gasteiger partial charge in [0.1, 0.15) is 0 Å². The van der Waals surface area contributed by atoms with Gasteiger partial charge in [0, 0.05) is 18.7 Å². The fourth-order valence-corrected chi connectivity index (χ4v) is 1.64. The molecule has 2 rings (SSSR count). The largest absolute Gasteiger partial charge is 0.326 e. The third kappa shape index (κ3) is 1.71. The molecule has 0 atom stereocenters. The number of aryl methyl sites for hydroxylation is 1. The lowest BCUT2D eigenvalue weighted by molar-refractivity contribution is -0.116. The number of amides is 1. The van der Waals surface area contributed by atoms with Gasteiger partial charge in [-0.05, 0) is 31.0 Å². The molecule has 0 unspecified atom stereocenters. The van der Waals surface area contributed by atoms with Crippen LogP contribution < -0.4 is 10.6 Å². The van der Waals surface area contributed by atoms with E-state index < -0.39 is 0 Å². The van der Waals surface area contributed by atoms with E-state index in [2.05, 4.69) is 10.6 Å². The average molecular weight is 189 g/mol. The minimum atomic E-state index is 0.103. The number of nitrogens with one attached hydrogen (secondary N) is 1. The number of carbonyl (C=O) groups excluding carboxylic acids is 1. The predicted octanol–water partition coefficient (Wildman–Crippen LogP) is 1.83. The number of hydrogen-bond acceptors (Lipinski definition) is 1. The number of fused-ring (bicyclic) bond motifs is 1. The van der Waals surface area contributed by atoms with Crippen LogP contribution in [0, 0.1) is 0 Å². The van der Waals surface area contributed by atoms with Crippen molar-refractivity contribution in [3.05, 3.63) is 23.8 Å². The van der Waals surface area contributed by atoms with E-state index in [1.807, 2.05) is 25.1 Å². The fourth-order valence-electron chi connectivity index (χ4n) is 1.64. The number of anilines is 1. The molecule has 0 bridgehead atoms. The summed E-state index contributed by atoms with van der Waals surface area (Å²) in [5.74, 6) is 0.103. The molecule has 0 spiro atoms. The monoisotopic (exact) mass is 189 g/mol. The molecule has 0 saturated carbocycles. The van der Waals surface area contributed by atoms with Crippen LogP contribution in [-0.4, -0.2) is 12.5 Å². The highest BCUT2D eigenvalue weighted by Gasteiger charge is 2.14. The Hall–Kier alpha value is -1.51. The zero-order valence-corrected chi connectivity index (χ0v) is 8.21. The molecule has 1 amide bonds. The molecule has 0 aliphatic carbocycles. The van der Waals surface area contributed by atoms with Crippen LogP contribution in [0.3, 0.4) is 0 Å². The second kappa shape index (κ2) is 3.70. The summed E-state index contributed by atoms with van der Waals surface area (Å²) < 4.78 is 0. The minimum absolute atomic E-state index is 0.103. The van der Waals surface area contributed by atoms with Crippen molar-refractivity contribution in [2.24, 2.45) is 0 Å². The molecule has 14 heavy (non-hydrogen) atoms. The Bertz CT molecular complexity index is 360. The lowest BCUT2D eigenvalue weighted by Crippen LogP contribution is -2.18. The molecule has 1 radical (unpaired) electrons. The first kappa shape index (κ1) is 9.06. The van der Waals surface area contributed by atoms with Crippen LogP contribution in [0.15, 0.2) is 18.2 Å². The highest BCUT2D eigenvalue weighted by Crippen LogP contribution is 2.25. The predicted molar refractivity (Wildman–Crippen MR) is 55.7 cm³/mol. The van der Waals surface area contributed by atoms with Gasteiger partial charge in [-0.2, -0.15) is 0 Å². The molecular formula is C11H13N2O. The standard InChI is InChI=1S/C11H13N2O/c1-2-12-9-5-3-8-4-6-11(14)13-10(8)7-9/h3,5,7H,2,4,6H2,1H3,(H,13,14). The van der Waals surface area contributed by atoms with Gasteiger partial charge in [0.05, 0.1) is 5.69 Å². The van der Waals surface area contributed by atoms with E-state index in [0.29, 0.717) is 6.42 Å².